The van der Waals surface area contributed by atoms with E-state index in [0.717, 1.165) is 42.4 Å². The van der Waals surface area contributed by atoms with Gasteiger partial charge in [-0.05, 0) is 0 Å². The van der Waals surface area contributed by atoms with Crippen LogP contribution in [0.2, 0.25) is 0 Å². The van der Waals surface area contributed by atoms with Crippen LogP contribution in [0.5, 0.6) is 5.75 Å². The van der Waals surface area contributed by atoms with E-state index in [0.29, 0.717) is 0 Å². The van der Waals surface area contributed by atoms with Crippen LogP contribution in [-0.4, -0.2) is 45.0 Å². The van der Waals surface area contributed by atoms with Crippen molar-refractivity contribution in [2.24, 2.45) is 0 Å². The maximum absolute atomic E-state index is 5.34. The summed E-state index contributed by atoms with van der Waals surface area (Å²) in [6, 6.07) is 16.9. The summed E-state index contributed by atoms with van der Waals surface area (Å²) in [6.45, 7) is 2.56. The van der Waals surface area contributed by atoms with Crippen molar-refractivity contribution in [3.05, 3.63) is 90.3 Å². The van der Waals surface area contributed by atoms with Gasteiger partial charge in [0.2, 0.25) is 0 Å². The van der Waals surface area contributed by atoms with Crippen molar-refractivity contribution in [2.75, 3.05) is 13.7 Å². The number of hydrogen-bond donors (Lipinski definition) is 0. The molecule has 5 rings (SSSR count). The third-order valence-electron chi connectivity index (χ3n) is 5.62. The number of fused-ring (bicyclic) bond motifs is 1. The van der Waals surface area contributed by atoms with Gasteiger partial charge in [-0.2, -0.15) is 0 Å². The predicted octanol–water partition coefficient (Wildman–Crippen LogP) is 3.29. The van der Waals surface area contributed by atoms with E-state index in [4.69, 9.17) is 9.63 Å². The number of benzene rings is 1. The molecule has 0 N–H and O–H groups in total. The fraction of sp³-hybridized carbons (Fsp3) is 0.217. The standard InChI is InChI=1S/C23H22BN5O/c1-30-20-12-19(14-26-15-20)23-24-27-21-16-28(10-11-29(21)23)22(17-6-3-2-4-7-17)18-8-5-9-25-13-18/h2-9,12-15,22H,10-11,16H2,1H3. The third-order valence-corrected chi connectivity index (χ3v) is 5.62. The SMILES string of the molecule is COc1cncc(-c2bnc3n2CCN(C(c2ccccc2)c2cccnc2)C3)c1. The molecule has 6 nitrogen and oxygen atoms in total. The number of rotatable bonds is 5. The number of aromatic nitrogens is 4. The summed E-state index contributed by atoms with van der Waals surface area (Å²) in [5, 5.41) is 0. The maximum atomic E-state index is 5.34. The zero-order chi connectivity index (χ0) is 20.3. The van der Waals surface area contributed by atoms with Crippen LogP contribution in [0.15, 0.2) is 73.3 Å². The van der Waals surface area contributed by atoms with Gasteiger partial charge in [0.15, 0.2) is 0 Å². The number of pyridine rings is 2. The van der Waals surface area contributed by atoms with Gasteiger partial charge in [0, 0.05) is 0 Å². The van der Waals surface area contributed by atoms with Gasteiger partial charge in [0.05, 0.1) is 0 Å². The Balaban J connectivity index is 1.48. The fourth-order valence-electron chi connectivity index (χ4n) is 4.19. The van der Waals surface area contributed by atoms with Gasteiger partial charge in [-0.15, -0.1) is 0 Å². The summed E-state index contributed by atoms with van der Waals surface area (Å²) in [4.78, 5) is 15.9. The van der Waals surface area contributed by atoms with Gasteiger partial charge >= 0.3 is 176 Å². The van der Waals surface area contributed by atoms with Gasteiger partial charge in [0.25, 0.3) is 0 Å². The zero-order valence-electron chi connectivity index (χ0n) is 16.8. The minimum absolute atomic E-state index is 0.146. The Kier molecular flexibility index (Phi) is 5.11. The molecule has 0 saturated carbocycles. The van der Waals surface area contributed by atoms with E-state index in [2.05, 4.69) is 55.8 Å². The van der Waals surface area contributed by atoms with E-state index < -0.39 is 0 Å². The molecule has 4 aromatic rings. The van der Waals surface area contributed by atoms with Crippen LogP contribution >= 0.6 is 0 Å². The molecule has 0 aliphatic carbocycles. The molecular weight excluding hydrogens is 373 g/mol. The van der Waals surface area contributed by atoms with E-state index in [1.165, 1.54) is 11.1 Å². The molecule has 0 spiro atoms. The average molecular weight is 395 g/mol. The second-order valence-corrected chi connectivity index (χ2v) is 7.39. The summed E-state index contributed by atoms with van der Waals surface area (Å²) in [5.74, 6) is 1.81. The molecule has 1 atom stereocenters. The Morgan fingerprint density at radius 3 is 2.63 bits per heavy atom. The Bertz CT molecular complexity index is 1090. The van der Waals surface area contributed by atoms with E-state index in [1.807, 2.05) is 37.8 Å². The Morgan fingerprint density at radius 1 is 0.967 bits per heavy atom. The molecule has 30 heavy (non-hydrogen) atoms. The third kappa shape index (κ3) is 3.52. The van der Waals surface area contributed by atoms with Crippen molar-refractivity contribution in [2.45, 2.75) is 19.1 Å². The topological polar surface area (TPSA) is 56.1 Å². The van der Waals surface area contributed by atoms with Gasteiger partial charge in [-0.1, -0.05) is 0 Å². The van der Waals surface area contributed by atoms with Crippen LogP contribution in [0.3, 0.4) is 0 Å². The predicted molar refractivity (Wildman–Crippen MR) is 116 cm³/mol. The number of hydrogen-bond acceptors (Lipinski definition) is 5. The van der Waals surface area contributed by atoms with Crippen LogP contribution in [-0.2, 0) is 13.1 Å². The van der Waals surface area contributed by atoms with Gasteiger partial charge in [-0.3, -0.25) is 0 Å². The summed E-state index contributed by atoms with van der Waals surface area (Å²) in [6.07, 6.45) is 7.37. The fourth-order valence-corrected chi connectivity index (χ4v) is 4.19. The molecule has 1 aliphatic rings. The van der Waals surface area contributed by atoms with Crippen LogP contribution < -0.4 is 4.74 Å². The summed E-state index contributed by atoms with van der Waals surface area (Å²) in [5.41, 5.74) is 4.56. The van der Waals surface area contributed by atoms with Crippen LogP contribution in [0.1, 0.15) is 23.0 Å². The van der Waals surface area contributed by atoms with Crippen molar-refractivity contribution in [3.8, 4) is 16.9 Å². The van der Waals surface area contributed by atoms with Crippen molar-refractivity contribution in [3.63, 3.8) is 0 Å². The molecule has 0 bridgehead atoms. The average Bonchev–Trinajstić information content (AvgIpc) is 3.24. The van der Waals surface area contributed by atoms with Crippen LogP contribution in [0, 0.1) is 0 Å². The van der Waals surface area contributed by atoms with Crippen molar-refractivity contribution in [1.82, 2.24) is 24.3 Å². The normalized spacial score (nSPS) is 14.7. The molecule has 0 fully saturated rings. The summed E-state index contributed by atoms with van der Waals surface area (Å²) >= 11 is 0. The molecule has 0 saturated heterocycles. The van der Waals surface area contributed by atoms with Gasteiger partial charge in [-0.25, -0.2) is 0 Å². The zero-order valence-corrected chi connectivity index (χ0v) is 16.8. The van der Waals surface area contributed by atoms with Crippen molar-refractivity contribution < 1.29 is 4.74 Å². The molecule has 1 aromatic carbocycles. The molecule has 1 unspecified atom stereocenters. The van der Waals surface area contributed by atoms with Gasteiger partial charge in [0.1, 0.15) is 0 Å². The Morgan fingerprint density at radius 2 is 1.83 bits per heavy atom. The summed E-state index contributed by atoms with van der Waals surface area (Å²) < 4.78 is 7.63. The monoisotopic (exact) mass is 395 g/mol. The molecule has 148 valence electrons. The number of methoxy groups -OCH3 is 1. The minimum atomic E-state index is 0.146. The molecule has 0 amide bonds. The van der Waals surface area contributed by atoms with Crippen molar-refractivity contribution in [1.29, 1.82) is 0 Å². The molecule has 3 aromatic heterocycles. The molecule has 0 radical (unpaired) electrons. The molecule has 4 heterocycles. The first-order chi connectivity index (χ1) is 14.8. The Hall–Kier alpha value is -3.32. The number of ether oxygens (including phenoxy) is 1. The molecule has 1 aliphatic heterocycles. The van der Waals surface area contributed by atoms with Gasteiger partial charge < -0.3 is 0 Å². The van der Waals surface area contributed by atoms with E-state index >= 15 is 0 Å². The molecular formula is C23H22BN5O. The first kappa shape index (κ1) is 18.7. The second-order valence-electron chi connectivity index (χ2n) is 7.39. The van der Waals surface area contributed by atoms with Crippen LogP contribution in [0.25, 0.3) is 11.2 Å². The van der Waals surface area contributed by atoms with Crippen molar-refractivity contribution >= 4 is 7.05 Å². The summed E-state index contributed by atoms with van der Waals surface area (Å²) in [7, 11) is 3.60. The quantitative estimate of drug-likeness (QED) is 0.519. The van der Waals surface area contributed by atoms with Crippen LogP contribution in [0.4, 0.5) is 0 Å². The van der Waals surface area contributed by atoms with E-state index in [9.17, 15) is 0 Å². The second kappa shape index (κ2) is 8.20. The number of nitrogens with zero attached hydrogens (tertiary/aromatic N) is 5. The first-order valence-electron chi connectivity index (χ1n) is 10.1. The first-order valence-corrected chi connectivity index (χ1v) is 10.1. The van der Waals surface area contributed by atoms with E-state index in [1.54, 1.807) is 13.3 Å². The van der Waals surface area contributed by atoms with E-state index in [-0.39, 0.29) is 6.04 Å². The molecule has 7 heteroatoms. The Labute approximate surface area is 176 Å².